The molecule has 7 heteroatoms. The fraction of sp³-hybridized carbons (Fsp3) is 0.524. The number of rotatable bonds is 4. The fourth-order valence-corrected chi connectivity index (χ4v) is 4.79. The van der Waals surface area contributed by atoms with E-state index < -0.39 is 0 Å². The first-order valence-corrected chi connectivity index (χ1v) is 10.2. The van der Waals surface area contributed by atoms with E-state index in [-0.39, 0.29) is 0 Å². The SMILES string of the molecule is COc1ccc2c(c1)CN(c1cc(NC3CCC4NNCC4C3)nc(C)n1)C2. The second kappa shape index (κ2) is 7.22. The molecule has 2 aliphatic heterocycles. The molecule has 5 rings (SSSR count). The molecule has 3 N–H and O–H groups in total. The first-order valence-electron chi connectivity index (χ1n) is 10.2. The van der Waals surface area contributed by atoms with E-state index in [1.165, 1.54) is 30.4 Å². The summed E-state index contributed by atoms with van der Waals surface area (Å²) in [7, 11) is 1.71. The van der Waals surface area contributed by atoms with Gasteiger partial charge in [0.15, 0.2) is 0 Å². The van der Waals surface area contributed by atoms with Crippen LogP contribution in [0.5, 0.6) is 5.75 Å². The molecule has 0 amide bonds. The van der Waals surface area contributed by atoms with Crippen LogP contribution in [0.15, 0.2) is 24.3 Å². The molecule has 1 aromatic heterocycles. The number of anilines is 2. The van der Waals surface area contributed by atoms with E-state index in [0.29, 0.717) is 18.0 Å². The average Bonchev–Trinajstić information content (AvgIpc) is 3.33. The number of ether oxygens (including phenoxy) is 1. The molecular weight excluding hydrogens is 352 g/mol. The summed E-state index contributed by atoms with van der Waals surface area (Å²) in [6, 6.07) is 9.52. The number of hydrogen-bond acceptors (Lipinski definition) is 7. The fourth-order valence-electron chi connectivity index (χ4n) is 4.79. The lowest BCUT2D eigenvalue weighted by molar-refractivity contribution is 0.314. The minimum atomic E-state index is 0.477. The van der Waals surface area contributed by atoms with Crippen LogP contribution >= 0.6 is 0 Å². The van der Waals surface area contributed by atoms with Crippen LogP contribution in [0.3, 0.4) is 0 Å². The molecule has 0 spiro atoms. The zero-order chi connectivity index (χ0) is 19.1. The maximum atomic E-state index is 5.37. The summed E-state index contributed by atoms with van der Waals surface area (Å²) >= 11 is 0. The number of benzene rings is 1. The molecule has 3 atom stereocenters. The van der Waals surface area contributed by atoms with E-state index in [2.05, 4.69) is 44.3 Å². The smallest absolute Gasteiger partial charge is 0.134 e. The van der Waals surface area contributed by atoms with E-state index >= 15 is 0 Å². The predicted molar refractivity (Wildman–Crippen MR) is 109 cm³/mol. The van der Waals surface area contributed by atoms with E-state index in [4.69, 9.17) is 9.72 Å². The lowest BCUT2D eigenvalue weighted by atomic mass is 9.83. The summed E-state index contributed by atoms with van der Waals surface area (Å²) < 4.78 is 5.37. The van der Waals surface area contributed by atoms with Crippen LogP contribution in [0.1, 0.15) is 36.2 Å². The molecule has 1 saturated heterocycles. The van der Waals surface area contributed by atoms with Crippen LogP contribution in [0, 0.1) is 12.8 Å². The summed E-state index contributed by atoms with van der Waals surface area (Å²) in [5, 5.41) is 3.68. The third-order valence-electron chi connectivity index (χ3n) is 6.27. The Morgan fingerprint density at radius 3 is 2.93 bits per heavy atom. The number of methoxy groups -OCH3 is 1. The summed E-state index contributed by atoms with van der Waals surface area (Å²) in [6.07, 6.45) is 3.55. The van der Waals surface area contributed by atoms with Crippen molar-refractivity contribution in [3.8, 4) is 5.75 Å². The van der Waals surface area contributed by atoms with Crippen LogP contribution < -0.4 is 25.8 Å². The van der Waals surface area contributed by atoms with Crippen molar-refractivity contribution in [3.05, 3.63) is 41.2 Å². The number of aryl methyl sites for hydroxylation is 1. The van der Waals surface area contributed by atoms with Crippen molar-refractivity contribution in [1.29, 1.82) is 0 Å². The van der Waals surface area contributed by atoms with Gasteiger partial charge in [-0.05, 0) is 55.4 Å². The Morgan fingerprint density at radius 1 is 1.14 bits per heavy atom. The molecule has 0 radical (unpaired) electrons. The topological polar surface area (TPSA) is 74.3 Å². The summed E-state index contributed by atoms with van der Waals surface area (Å²) in [6.45, 7) is 4.77. The predicted octanol–water partition coefficient (Wildman–Crippen LogP) is 2.37. The normalized spacial score (nSPS) is 26.1. The second-order valence-electron chi connectivity index (χ2n) is 8.20. The molecule has 1 saturated carbocycles. The van der Waals surface area contributed by atoms with Gasteiger partial charge >= 0.3 is 0 Å². The molecule has 1 aliphatic carbocycles. The molecule has 28 heavy (non-hydrogen) atoms. The van der Waals surface area contributed by atoms with Gasteiger partial charge in [0.05, 0.1) is 7.11 Å². The Bertz CT molecular complexity index is 872. The Morgan fingerprint density at radius 2 is 2.04 bits per heavy atom. The first kappa shape index (κ1) is 17.7. The monoisotopic (exact) mass is 380 g/mol. The van der Waals surface area contributed by atoms with Gasteiger partial charge < -0.3 is 15.0 Å². The summed E-state index contributed by atoms with van der Waals surface area (Å²) in [5.74, 6) is 4.36. The zero-order valence-corrected chi connectivity index (χ0v) is 16.5. The summed E-state index contributed by atoms with van der Waals surface area (Å²) in [5.41, 5.74) is 9.35. The Labute approximate surface area is 165 Å². The van der Waals surface area contributed by atoms with Crippen molar-refractivity contribution in [2.24, 2.45) is 5.92 Å². The number of aromatic nitrogens is 2. The largest absolute Gasteiger partial charge is 0.497 e. The molecule has 2 aromatic rings. The number of nitrogens with zero attached hydrogens (tertiary/aromatic N) is 3. The molecule has 1 aromatic carbocycles. The Kier molecular flexibility index (Phi) is 4.56. The molecule has 0 bridgehead atoms. The van der Waals surface area contributed by atoms with Gasteiger partial charge in [-0.1, -0.05) is 6.07 Å². The minimum absolute atomic E-state index is 0.477. The van der Waals surface area contributed by atoms with Gasteiger partial charge in [-0.15, -0.1) is 0 Å². The highest BCUT2D eigenvalue weighted by molar-refractivity contribution is 5.54. The Balaban J connectivity index is 1.31. The van der Waals surface area contributed by atoms with Crippen molar-refractivity contribution in [2.75, 3.05) is 23.9 Å². The molecular formula is C21H28N6O. The van der Waals surface area contributed by atoms with Crippen molar-refractivity contribution in [3.63, 3.8) is 0 Å². The Hall–Kier alpha value is -2.38. The van der Waals surface area contributed by atoms with Gasteiger partial charge in [0.2, 0.25) is 0 Å². The molecule has 3 aliphatic rings. The van der Waals surface area contributed by atoms with Gasteiger partial charge in [0.1, 0.15) is 23.2 Å². The van der Waals surface area contributed by atoms with Gasteiger partial charge in [-0.25, -0.2) is 9.97 Å². The highest BCUT2D eigenvalue weighted by Crippen LogP contribution is 2.32. The highest BCUT2D eigenvalue weighted by atomic mass is 16.5. The zero-order valence-electron chi connectivity index (χ0n) is 16.5. The number of hydrogen-bond donors (Lipinski definition) is 3. The maximum absolute atomic E-state index is 5.37. The van der Waals surface area contributed by atoms with Crippen LogP contribution in [0.2, 0.25) is 0 Å². The van der Waals surface area contributed by atoms with E-state index in [0.717, 1.165) is 42.8 Å². The van der Waals surface area contributed by atoms with E-state index in [9.17, 15) is 0 Å². The van der Waals surface area contributed by atoms with E-state index in [1.807, 2.05) is 13.0 Å². The quantitative estimate of drug-likeness (QED) is 0.752. The van der Waals surface area contributed by atoms with Crippen molar-refractivity contribution in [1.82, 2.24) is 20.8 Å². The number of nitrogens with one attached hydrogen (secondary N) is 3. The van der Waals surface area contributed by atoms with Gasteiger partial charge in [-0.2, -0.15) is 0 Å². The van der Waals surface area contributed by atoms with Gasteiger partial charge in [-0.3, -0.25) is 10.9 Å². The number of fused-ring (bicyclic) bond motifs is 2. The van der Waals surface area contributed by atoms with Gasteiger partial charge in [0.25, 0.3) is 0 Å². The van der Waals surface area contributed by atoms with Crippen molar-refractivity contribution >= 4 is 11.6 Å². The van der Waals surface area contributed by atoms with Crippen LogP contribution in [-0.2, 0) is 13.1 Å². The third-order valence-corrected chi connectivity index (χ3v) is 6.27. The van der Waals surface area contributed by atoms with Crippen LogP contribution in [-0.4, -0.2) is 35.7 Å². The molecule has 3 heterocycles. The van der Waals surface area contributed by atoms with Crippen LogP contribution in [0.25, 0.3) is 0 Å². The molecule has 3 unspecified atom stereocenters. The van der Waals surface area contributed by atoms with Crippen molar-refractivity contribution in [2.45, 2.75) is 51.4 Å². The summed E-state index contributed by atoms with van der Waals surface area (Å²) in [4.78, 5) is 11.7. The van der Waals surface area contributed by atoms with Crippen LogP contribution in [0.4, 0.5) is 11.6 Å². The molecule has 7 nitrogen and oxygen atoms in total. The lowest BCUT2D eigenvalue weighted by Crippen LogP contribution is -2.39. The first-order chi connectivity index (χ1) is 13.7. The second-order valence-corrected chi connectivity index (χ2v) is 8.20. The third kappa shape index (κ3) is 3.40. The minimum Gasteiger partial charge on any atom is -0.497 e. The highest BCUT2D eigenvalue weighted by Gasteiger charge is 2.34. The number of hydrazine groups is 1. The average molecular weight is 380 g/mol. The lowest BCUT2D eigenvalue weighted by Gasteiger charge is -2.31. The van der Waals surface area contributed by atoms with Crippen molar-refractivity contribution < 1.29 is 4.74 Å². The van der Waals surface area contributed by atoms with E-state index in [1.54, 1.807) is 7.11 Å². The standard InChI is InChI=1S/C21H28N6O/c1-13-23-20(25-17-4-6-19-15(7-17)10-22-26-19)9-21(24-13)27-11-14-3-5-18(28-2)8-16(14)12-27/h3,5,8-9,15,17,19,22,26H,4,6-7,10-12H2,1-2H3,(H,23,24,25). The maximum Gasteiger partial charge on any atom is 0.134 e. The molecule has 148 valence electrons. The van der Waals surface area contributed by atoms with Gasteiger partial charge in [0, 0.05) is 37.8 Å². The molecule has 2 fully saturated rings.